The Morgan fingerprint density at radius 1 is 1.06 bits per heavy atom. The summed E-state index contributed by atoms with van der Waals surface area (Å²) in [4.78, 5) is 4.36. The fraction of sp³-hybridized carbons (Fsp3) is 0.150. The Labute approximate surface area is 173 Å². The third kappa shape index (κ3) is 3.39. The fourth-order valence-electron chi connectivity index (χ4n) is 3.18. The zero-order valence-corrected chi connectivity index (χ0v) is 16.4. The molecule has 5 aromatic rings. The fourth-order valence-corrected chi connectivity index (χ4v) is 3.18. The molecule has 31 heavy (non-hydrogen) atoms. The number of hydrogen-bond acceptors (Lipinski definition) is 7. The molecule has 0 N–H and O–H groups in total. The van der Waals surface area contributed by atoms with Gasteiger partial charge < -0.3 is 9.15 Å². The number of aromatic nitrogens is 7. The molecule has 0 radical (unpaired) electrons. The molecule has 0 saturated carbocycles. The first-order valence-corrected chi connectivity index (χ1v) is 9.22. The molecule has 1 aromatic carbocycles. The third-order valence-electron chi connectivity index (χ3n) is 4.84. The lowest BCUT2D eigenvalue weighted by atomic mass is 10.2. The van der Waals surface area contributed by atoms with Gasteiger partial charge in [-0.2, -0.15) is 19.0 Å². The molecule has 0 atom stereocenters. The van der Waals surface area contributed by atoms with Crippen LogP contribution in [-0.4, -0.2) is 41.2 Å². The van der Waals surface area contributed by atoms with Gasteiger partial charge >= 0.3 is 6.61 Å². The summed E-state index contributed by atoms with van der Waals surface area (Å²) in [6, 6.07) is 9.53. The summed E-state index contributed by atoms with van der Waals surface area (Å²) >= 11 is 0. The van der Waals surface area contributed by atoms with Gasteiger partial charge in [0.05, 0.1) is 11.9 Å². The van der Waals surface area contributed by atoms with E-state index >= 15 is 0 Å². The lowest BCUT2D eigenvalue weighted by Gasteiger charge is -2.03. The second-order valence-corrected chi connectivity index (χ2v) is 6.71. The highest BCUT2D eigenvalue weighted by Gasteiger charge is 2.17. The van der Waals surface area contributed by atoms with Gasteiger partial charge in [0.15, 0.2) is 11.3 Å². The highest BCUT2D eigenvalue weighted by molar-refractivity contribution is 5.67. The number of hydrogen-bond donors (Lipinski definition) is 0. The Kier molecular flexibility index (Phi) is 4.42. The van der Waals surface area contributed by atoms with Gasteiger partial charge in [-0.15, -0.1) is 10.2 Å². The highest BCUT2D eigenvalue weighted by Crippen LogP contribution is 2.28. The normalized spacial score (nSPS) is 11.5. The van der Waals surface area contributed by atoms with Gasteiger partial charge in [0.2, 0.25) is 5.89 Å². The zero-order valence-electron chi connectivity index (χ0n) is 16.4. The van der Waals surface area contributed by atoms with E-state index in [0.717, 1.165) is 17.0 Å². The van der Waals surface area contributed by atoms with Crippen LogP contribution in [0.3, 0.4) is 0 Å². The van der Waals surface area contributed by atoms with E-state index in [2.05, 4.69) is 30.1 Å². The topological polar surface area (TPSA) is 96.2 Å². The maximum Gasteiger partial charge on any atom is 0.387 e. The van der Waals surface area contributed by atoms with Gasteiger partial charge in [-0.05, 0) is 37.3 Å². The van der Waals surface area contributed by atoms with Crippen molar-refractivity contribution in [2.24, 2.45) is 7.05 Å². The largest absolute Gasteiger partial charge is 0.435 e. The van der Waals surface area contributed by atoms with Crippen LogP contribution >= 0.6 is 0 Å². The van der Waals surface area contributed by atoms with E-state index in [4.69, 9.17) is 4.42 Å². The third-order valence-corrected chi connectivity index (χ3v) is 4.84. The zero-order chi connectivity index (χ0) is 21.5. The molecule has 5 rings (SSSR count). The molecule has 4 heterocycles. The number of nitrogens with zero attached hydrogens (tertiary/aromatic N) is 7. The van der Waals surface area contributed by atoms with Crippen LogP contribution in [0.1, 0.15) is 5.69 Å². The second-order valence-electron chi connectivity index (χ2n) is 6.71. The molecule has 156 valence electrons. The minimum Gasteiger partial charge on any atom is -0.435 e. The van der Waals surface area contributed by atoms with Gasteiger partial charge in [0, 0.05) is 36.1 Å². The molecule has 0 aliphatic carbocycles. The van der Waals surface area contributed by atoms with Crippen LogP contribution in [-0.2, 0) is 7.05 Å². The number of ether oxygens (including phenoxy) is 1. The second kappa shape index (κ2) is 7.27. The molecule has 0 aliphatic heterocycles. The quantitative estimate of drug-likeness (QED) is 0.425. The summed E-state index contributed by atoms with van der Waals surface area (Å²) in [6.07, 6.45) is 3.47. The summed E-state index contributed by atoms with van der Waals surface area (Å²) in [5.74, 6) is 0.484. The first-order chi connectivity index (χ1) is 15.0. The molecule has 0 fully saturated rings. The molecule has 0 aliphatic rings. The van der Waals surface area contributed by atoms with Gasteiger partial charge in [0.25, 0.3) is 5.89 Å². The molecular weight excluding hydrogens is 408 g/mol. The smallest absolute Gasteiger partial charge is 0.387 e. The average molecular weight is 423 g/mol. The number of halogens is 2. The Morgan fingerprint density at radius 2 is 1.84 bits per heavy atom. The van der Waals surface area contributed by atoms with Crippen molar-refractivity contribution in [2.75, 3.05) is 0 Å². The van der Waals surface area contributed by atoms with Crippen molar-refractivity contribution in [3.8, 4) is 40.0 Å². The van der Waals surface area contributed by atoms with Crippen molar-refractivity contribution in [3.63, 3.8) is 0 Å². The van der Waals surface area contributed by atoms with Gasteiger partial charge in [-0.25, -0.2) is 9.50 Å². The van der Waals surface area contributed by atoms with Crippen LogP contribution in [0.4, 0.5) is 8.78 Å². The van der Waals surface area contributed by atoms with Crippen molar-refractivity contribution in [1.29, 1.82) is 0 Å². The highest BCUT2D eigenvalue weighted by atomic mass is 19.3. The molecule has 9 nitrogen and oxygen atoms in total. The molecule has 0 bridgehead atoms. The van der Waals surface area contributed by atoms with E-state index < -0.39 is 6.61 Å². The molecular formula is C20H15F2N7O2. The number of alkyl halides is 2. The van der Waals surface area contributed by atoms with Crippen molar-refractivity contribution in [3.05, 3.63) is 54.5 Å². The van der Waals surface area contributed by atoms with E-state index in [1.165, 1.54) is 12.1 Å². The summed E-state index contributed by atoms with van der Waals surface area (Å²) in [5.41, 5.74) is 4.39. The van der Waals surface area contributed by atoms with Crippen molar-refractivity contribution < 1.29 is 17.9 Å². The standard InChI is InChI=1S/C20H15F2N7O2/c1-11-14(10-24-28(11)2)16-7-8-23-17-9-15(27-29(16)17)19-26-25-18(31-19)12-3-5-13(6-4-12)30-20(21)22/h3-10,20H,1-2H3. The number of aryl methyl sites for hydroxylation is 1. The first kappa shape index (κ1) is 18.9. The maximum atomic E-state index is 12.3. The first-order valence-electron chi connectivity index (χ1n) is 9.22. The summed E-state index contributed by atoms with van der Waals surface area (Å²) in [6.45, 7) is -0.911. The van der Waals surface area contributed by atoms with Crippen LogP contribution in [0.25, 0.3) is 39.9 Å². The van der Waals surface area contributed by atoms with Crippen molar-refractivity contribution >= 4 is 5.65 Å². The Hall–Kier alpha value is -4.15. The lowest BCUT2D eigenvalue weighted by Crippen LogP contribution is -2.01. The minimum atomic E-state index is -2.88. The van der Waals surface area contributed by atoms with Crippen LogP contribution in [0.5, 0.6) is 5.75 Å². The maximum absolute atomic E-state index is 12.3. The van der Waals surface area contributed by atoms with Crippen molar-refractivity contribution in [1.82, 2.24) is 34.6 Å². The molecule has 11 heteroatoms. The monoisotopic (exact) mass is 423 g/mol. The molecule has 0 spiro atoms. The SMILES string of the molecule is Cc1c(-c2ccnc3cc(-c4nnc(-c5ccc(OC(F)F)cc5)o4)nn23)cnn1C. The lowest BCUT2D eigenvalue weighted by molar-refractivity contribution is -0.0498. The van der Waals surface area contributed by atoms with Gasteiger partial charge in [-0.3, -0.25) is 4.68 Å². The molecule has 0 unspecified atom stereocenters. The van der Waals surface area contributed by atoms with E-state index in [9.17, 15) is 8.78 Å². The Bertz CT molecular complexity index is 1370. The predicted octanol–water partition coefficient (Wildman–Crippen LogP) is 3.76. The Balaban J connectivity index is 1.49. The minimum absolute atomic E-state index is 0.0446. The number of fused-ring (bicyclic) bond motifs is 1. The average Bonchev–Trinajstić information content (AvgIpc) is 3.47. The van der Waals surface area contributed by atoms with Crippen molar-refractivity contribution in [2.45, 2.75) is 13.5 Å². The Morgan fingerprint density at radius 3 is 2.55 bits per heavy atom. The predicted molar refractivity (Wildman–Crippen MR) is 105 cm³/mol. The van der Waals surface area contributed by atoms with E-state index in [1.54, 1.807) is 39.8 Å². The number of rotatable bonds is 5. The summed E-state index contributed by atoms with van der Waals surface area (Å²) in [7, 11) is 1.87. The molecule has 4 aromatic heterocycles. The van der Waals surface area contributed by atoms with E-state index in [1.807, 2.05) is 20.0 Å². The van der Waals surface area contributed by atoms with Gasteiger partial charge in [-0.1, -0.05) is 0 Å². The van der Waals surface area contributed by atoms with Crippen LogP contribution in [0.2, 0.25) is 0 Å². The van der Waals surface area contributed by atoms with E-state index in [0.29, 0.717) is 16.9 Å². The molecule has 0 saturated heterocycles. The van der Waals surface area contributed by atoms with E-state index in [-0.39, 0.29) is 17.5 Å². The van der Waals surface area contributed by atoms with Crippen LogP contribution in [0, 0.1) is 6.92 Å². The van der Waals surface area contributed by atoms with Gasteiger partial charge in [0.1, 0.15) is 5.75 Å². The van der Waals surface area contributed by atoms with Crippen LogP contribution < -0.4 is 4.74 Å². The van der Waals surface area contributed by atoms with Crippen LogP contribution in [0.15, 0.2) is 53.2 Å². The number of benzene rings is 1. The summed E-state index contributed by atoms with van der Waals surface area (Å²) < 4.78 is 38.2. The molecule has 0 amide bonds. The summed E-state index contributed by atoms with van der Waals surface area (Å²) in [5, 5.41) is 17.0.